The molecule has 0 bridgehead atoms. The second-order valence-electron chi connectivity index (χ2n) is 8.17. The van der Waals surface area contributed by atoms with Crippen LogP contribution in [0.15, 0.2) is 29.2 Å². The van der Waals surface area contributed by atoms with Crippen molar-refractivity contribution in [2.45, 2.75) is 43.9 Å². The van der Waals surface area contributed by atoms with Gasteiger partial charge in [-0.25, -0.2) is 8.42 Å². The van der Waals surface area contributed by atoms with Crippen LogP contribution in [0.5, 0.6) is 0 Å². The first-order valence-corrected chi connectivity index (χ1v) is 11.7. The van der Waals surface area contributed by atoms with Gasteiger partial charge in [0.2, 0.25) is 10.0 Å². The van der Waals surface area contributed by atoms with Crippen molar-refractivity contribution in [2.75, 3.05) is 33.3 Å². The van der Waals surface area contributed by atoms with Crippen molar-refractivity contribution >= 4 is 21.9 Å². The first kappa shape index (κ1) is 21.8. The topological polar surface area (TPSA) is 84.0 Å². The van der Waals surface area contributed by atoms with E-state index in [-0.39, 0.29) is 17.4 Å². The van der Waals surface area contributed by atoms with Crippen molar-refractivity contribution in [2.24, 2.45) is 11.8 Å². The predicted molar refractivity (Wildman–Crippen MR) is 109 cm³/mol. The third kappa shape index (κ3) is 5.36. The van der Waals surface area contributed by atoms with E-state index in [1.165, 1.54) is 38.4 Å². The molecule has 1 heterocycles. The van der Waals surface area contributed by atoms with Gasteiger partial charge in [0.25, 0.3) is 5.91 Å². The number of piperidine rings is 1. The highest BCUT2D eigenvalue weighted by atomic mass is 32.2. The number of esters is 1. The molecule has 1 amide bonds. The van der Waals surface area contributed by atoms with Crippen LogP contribution in [0.2, 0.25) is 0 Å². The molecule has 0 aromatic heterocycles. The normalized spacial score (nSPS) is 22.2. The Bertz CT molecular complexity index is 837. The molecule has 1 aliphatic carbocycles. The molecule has 29 heavy (non-hydrogen) atoms. The minimum atomic E-state index is -3.79. The van der Waals surface area contributed by atoms with Crippen LogP contribution in [0, 0.1) is 18.8 Å². The summed E-state index contributed by atoms with van der Waals surface area (Å²) in [5.74, 6) is 0.342. The molecule has 1 saturated carbocycles. The first-order valence-electron chi connectivity index (χ1n) is 10.2. The van der Waals surface area contributed by atoms with Crippen molar-refractivity contribution in [1.82, 2.24) is 9.21 Å². The second kappa shape index (κ2) is 9.26. The van der Waals surface area contributed by atoms with E-state index in [1.807, 2.05) is 6.92 Å². The number of nitrogens with zero attached hydrogens (tertiary/aromatic N) is 2. The summed E-state index contributed by atoms with van der Waals surface area (Å²) in [5.41, 5.74) is 0.946. The summed E-state index contributed by atoms with van der Waals surface area (Å²) in [6.07, 6.45) is 5.94. The molecule has 1 aliphatic heterocycles. The zero-order chi connectivity index (χ0) is 21.0. The third-order valence-corrected chi connectivity index (χ3v) is 7.90. The Morgan fingerprint density at radius 2 is 1.76 bits per heavy atom. The van der Waals surface area contributed by atoms with Crippen LogP contribution in [-0.2, 0) is 24.3 Å². The smallest absolute Gasteiger partial charge is 0.321 e. The Labute approximate surface area is 173 Å². The van der Waals surface area contributed by atoms with Gasteiger partial charge in [0, 0.05) is 20.1 Å². The van der Waals surface area contributed by atoms with Crippen LogP contribution in [-0.4, -0.2) is 62.8 Å². The number of rotatable bonds is 6. The lowest BCUT2D eigenvalue weighted by Gasteiger charge is -2.41. The number of sulfonamides is 1. The number of likely N-dealkylation sites (tertiary alicyclic amines) is 1. The summed E-state index contributed by atoms with van der Waals surface area (Å²) in [6, 6.07) is 6.41. The van der Waals surface area contributed by atoms with Crippen molar-refractivity contribution in [3.63, 3.8) is 0 Å². The highest BCUT2D eigenvalue weighted by Gasteiger charge is 2.33. The summed E-state index contributed by atoms with van der Waals surface area (Å²) in [4.78, 5) is 26.4. The molecular formula is C21H30N2O5S. The Morgan fingerprint density at radius 3 is 2.45 bits per heavy atom. The summed E-state index contributed by atoms with van der Waals surface area (Å²) in [7, 11) is -2.46. The fourth-order valence-electron chi connectivity index (χ4n) is 4.26. The van der Waals surface area contributed by atoms with Crippen LogP contribution in [0.25, 0.3) is 0 Å². The van der Waals surface area contributed by atoms with Crippen LogP contribution in [0.4, 0.5) is 0 Å². The number of ether oxygens (including phenoxy) is 1. The van der Waals surface area contributed by atoms with Gasteiger partial charge in [-0.2, -0.15) is 4.31 Å². The lowest BCUT2D eigenvalue weighted by molar-refractivity contribution is -0.153. The van der Waals surface area contributed by atoms with E-state index < -0.39 is 22.5 Å². The molecule has 160 valence electrons. The molecular weight excluding hydrogens is 392 g/mol. The van der Waals surface area contributed by atoms with Gasteiger partial charge < -0.3 is 9.64 Å². The number of fused-ring (bicyclic) bond motifs is 1. The lowest BCUT2D eigenvalue weighted by atomic mass is 9.75. The van der Waals surface area contributed by atoms with Gasteiger partial charge in [0.15, 0.2) is 6.61 Å². The molecule has 0 unspecified atom stereocenters. The van der Waals surface area contributed by atoms with E-state index >= 15 is 0 Å². The SMILES string of the molecule is Cc1ccc(S(=O)(=O)N(C)CC(=O)OCC(=O)N2CC[C@@H]3CCCC[C@@H]3C2)cc1. The zero-order valence-electron chi connectivity index (χ0n) is 17.2. The molecule has 1 aromatic carbocycles. The van der Waals surface area contributed by atoms with E-state index in [9.17, 15) is 18.0 Å². The summed E-state index contributed by atoms with van der Waals surface area (Å²) >= 11 is 0. The maximum Gasteiger partial charge on any atom is 0.321 e. The van der Waals surface area contributed by atoms with E-state index in [4.69, 9.17) is 4.74 Å². The maximum atomic E-state index is 12.5. The van der Waals surface area contributed by atoms with Gasteiger partial charge in [-0.15, -0.1) is 0 Å². The monoisotopic (exact) mass is 422 g/mol. The van der Waals surface area contributed by atoms with E-state index in [1.54, 1.807) is 17.0 Å². The Morgan fingerprint density at radius 1 is 1.10 bits per heavy atom. The van der Waals surface area contributed by atoms with Gasteiger partial charge in [0.05, 0.1) is 4.90 Å². The summed E-state index contributed by atoms with van der Waals surface area (Å²) in [5, 5.41) is 0. The highest BCUT2D eigenvalue weighted by molar-refractivity contribution is 7.89. The van der Waals surface area contributed by atoms with Crippen molar-refractivity contribution in [1.29, 1.82) is 0 Å². The average Bonchev–Trinajstić information content (AvgIpc) is 2.71. The Balaban J connectivity index is 1.47. The molecule has 0 radical (unpaired) electrons. The summed E-state index contributed by atoms with van der Waals surface area (Å²) in [6.45, 7) is 2.54. The highest BCUT2D eigenvalue weighted by Crippen LogP contribution is 2.36. The molecule has 0 N–H and O–H groups in total. The molecule has 3 rings (SSSR count). The number of benzene rings is 1. The van der Waals surface area contributed by atoms with Gasteiger partial charge >= 0.3 is 5.97 Å². The van der Waals surface area contributed by atoms with Crippen LogP contribution in [0.1, 0.15) is 37.7 Å². The molecule has 8 heteroatoms. The quantitative estimate of drug-likeness (QED) is 0.656. The molecule has 2 aliphatic rings. The van der Waals surface area contributed by atoms with Crippen LogP contribution < -0.4 is 0 Å². The molecule has 2 fully saturated rings. The molecule has 7 nitrogen and oxygen atoms in total. The van der Waals surface area contributed by atoms with Crippen molar-refractivity contribution < 1.29 is 22.7 Å². The van der Waals surface area contributed by atoms with E-state index in [0.29, 0.717) is 12.5 Å². The number of hydrogen-bond acceptors (Lipinski definition) is 5. The number of aryl methyl sites for hydroxylation is 1. The third-order valence-electron chi connectivity index (χ3n) is 6.08. The van der Waals surface area contributed by atoms with Gasteiger partial charge in [-0.3, -0.25) is 9.59 Å². The number of carbonyl (C=O) groups excluding carboxylic acids is 2. The lowest BCUT2D eigenvalue weighted by Crippen LogP contribution is -2.46. The Kier molecular flexibility index (Phi) is 6.95. The number of hydrogen-bond donors (Lipinski definition) is 0. The fraction of sp³-hybridized carbons (Fsp3) is 0.619. The van der Waals surface area contributed by atoms with Crippen molar-refractivity contribution in [3.05, 3.63) is 29.8 Å². The molecule has 2 atom stereocenters. The number of carbonyl (C=O) groups is 2. The largest absolute Gasteiger partial charge is 0.455 e. The second-order valence-corrected chi connectivity index (χ2v) is 10.2. The maximum absolute atomic E-state index is 12.5. The minimum Gasteiger partial charge on any atom is -0.455 e. The van der Waals surface area contributed by atoms with E-state index in [0.717, 1.165) is 35.2 Å². The van der Waals surface area contributed by atoms with Gasteiger partial charge in [0.1, 0.15) is 6.54 Å². The van der Waals surface area contributed by atoms with Crippen molar-refractivity contribution in [3.8, 4) is 0 Å². The first-order chi connectivity index (χ1) is 13.8. The van der Waals surface area contributed by atoms with Gasteiger partial charge in [-0.05, 0) is 43.7 Å². The van der Waals surface area contributed by atoms with Crippen LogP contribution >= 0.6 is 0 Å². The average molecular weight is 423 g/mol. The number of likely N-dealkylation sites (N-methyl/N-ethyl adjacent to an activating group) is 1. The zero-order valence-corrected chi connectivity index (χ0v) is 18.0. The minimum absolute atomic E-state index is 0.116. The molecule has 1 aromatic rings. The fourth-order valence-corrected chi connectivity index (χ4v) is 5.38. The van der Waals surface area contributed by atoms with Crippen LogP contribution in [0.3, 0.4) is 0 Å². The number of amides is 1. The Hall–Kier alpha value is -1.93. The van der Waals surface area contributed by atoms with Gasteiger partial charge in [-0.1, -0.05) is 37.0 Å². The van der Waals surface area contributed by atoms with E-state index in [2.05, 4.69) is 0 Å². The summed E-state index contributed by atoms with van der Waals surface area (Å²) < 4.78 is 31.1. The molecule has 0 spiro atoms. The molecule has 1 saturated heterocycles. The standard InChI is InChI=1S/C21H30N2O5S/c1-16-7-9-19(10-8-16)29(26,27)22(2)14-21(25)28-15-20(24)23-12-11-17-5-3-4-6-18(17)13-23/h7-10,17-18H,3-6,11-15H2,1-2H3/t17-,18+/m0/s1. The predicted octanol–water partition coefficient (Wildman–Crippen LogP) is 2.20.